The molecule has 0 aliphatic heterocycles. The van der Waals surface area contributed by atoms with Gasteiger partial charge in [0.25, 0.3) is 0 Å². The van der Waals surface area contributed by atoms with Crippen LogP contribution >= 0.6 is 15.9 Å². The van der Waals surface area contributed by atoms with Crippen LogP contribution in [-0.2, 0) is 9.12 Å². The molecule has 0 aromatic heterocycles. The third-order valence-corrected chi connectivity index (χ3v) is 2.85. The Hall–Kier alpha value is -0.890. The van der Waals surface area contributed by atoms with Gasteiger partial charge in [-0.05, 0) is 12.0 Å². The highest BCUT2D eigenvalue weighted by Gasteiger charge is 2.26. The van der Waals surface area contributed by atoms with Crippen LogP contribution < -0.4 is 0 Å². The molecule has 2 heteroatoms. The summed E-state index contributed by atoms with van der Waals surface area (Å²) in [5.41, 5.74) is 0.963. The first kappa shape index (κ1) is 10.2. The number of benzene rings is 1. The molecular formula is C11H11BrO. The molecule has 0 N–H and O–H groups in total. The van der Waals surface area contributed by atoms with E-state index >= 15 is 0 Å². The molecule has 0 heterocycles. The average molecular weight is 239 g/mol. The first-order chi connectivity index (χ1) is 6.23. The quantitative estimate of drug-likeness (QED) is 0.448. The molecule has 1 aromatic rings. The lowest BCUT2D eigenvalue weighted by Gasteiger charge is -2.19. The molecular weight excluding hydrogens is 228 g/mol. The molecule has 0 aliphatic carbocycles. The van der Waals surface area contributed by atoms with Crippen LogP contribution in [0.25, 0.3) is 0 Å². The first-order valence-electron chi connectivity index (χ1n) is 4.04. The standard InChI is InChI=1S/C11H11BrO/c1-2-8-11(12,9-13)10-6-4-3-5-7-10/h2-7,9H,1,8H2. The predicted molar refractivity (Wildman–Crippen MR) is 57.9 cm³/mol. The summed E-state index contributed by atoms with van der Waals surface area (Å²) in [6.07, 6.45) is 3.24. The molecule has 1 rings (SSSR count). The monoisotopic (exact) mass is 238 g/mol. The lowest BCUT2D eigenvalue weighted by molar-refractivity contribution is -0.109. The van der Waals surface area contributed by atoms with Gasteiger partial charge in [0.1, 0.15) is 10.6 Å². The van der Waals surface area contributed by atoms with Gasteiger partial charge in [-0.2, -0.15) is 0 Å². The predicted octanol–water partition coefficient (Wildman–Crippen LogP) is 3.05. The fraction of sp³-hybridized carbons (Fsp3) is 0.182. The number of alkyl halides is 1. The Balaban J connectivity index is 3.02. The van der Waals surface area contributed by atoms with Gasteiger partial charge in [0.15, 0.2) is 0 Å². The lowest BCUT2D eigenvalue weighted by atomic mass is 9.97. The van der Waals surface area contributed by atoms with Gasteiger partial charge in [-0.1, -0.05) is 52.3 Å². The van der Waals surface area contributed by atoms with Crippen LogP contribution in [0.4, 0.5) is 0 Å². The van der Waals surface area contributed by atoms with Crippen molar-refractivity contribution in [3.8, 4) is 0 Å². The van der Waals surface area contributed by atoms with Crippen molar-refractivity contribution in [2.45, 2.75) is 10.7 Å². The number of halogens is 1. The molecule has 0 spiro atoms. The third kappa shape index (κ3) is 2.28. The molecule has 0 saturated carbocycles. The van der Waals surface area contributed by atoms with Gasteiger partial charge in [0.2, 0.25) is 0 Å². The second-order valence-electron chi connectivity index (χ2n) is 2.84. The van der Waals surface area contributed by atoms with Crippen LogP contribution in [-0.4, -0.2) is 6.29 Å². The topological polar surface area (TPSA) is 17.1 Å². The highest BCUT2D eigenvalue weighted by atomic mass is 79.9. The molecule has 1 nitrogen and oxygen atoms in total. The maximum absolute atomic E-state index is 10.9. The van der Waals surface area contributed by atoms with Gasteiger partial charge in [-0.3, -0.25) is 0 Å². The van der Waals surface area contributed by atoms with Gasteiger partial charge in [0, 0.05) is 0 Å². The van der Waals surface area contributed by atoms with E-state index in [1.165, 1.54) is 0 Å². The summed E-state index contributed by atoms with van der Waals surface area (Å²) in [6, 6.07) is 9.60. The number of rotatable bonds is 4. The van der Waals surface area contributed by atoms with Crippen LogP contribution in [0.5, 0.6) is 0 Å². The van der Waals surface area contributed by atoms with Crippen LogP contribution in [0.3, 0.4) is 0 Å². The third-order valence-electron chi connectivity index (χ3n) is 1.88. The van der Waals surface area contributed by atoms with Gasteiger partial charge in [-0.15, -0.1) is 6.58 Å². The van der Waals surface area contributed by atoms with Crippen LogP contribution in [0, 0.1) is 0 Å². The van der Waals surface area contributed by atoms with Crippen molar-refractivity contribution in [2.75, 3.05) is 0 Å². The highest BCUT2D eigenvalue weighted by molar-refractivity contribution is 9.10. The van der Waals surface area contributed by atoms with Crippen molar-refractivity contribution in [1.29, 1.82) is 0 Å². The largest absolute Gasteiger partial charge is 0.301 e. The molecule has 0 saturated heterocycles. The van der Waals surface area contributed by atoms with E-state index in [-0.39, 0.29) is 0 Å². The molecule has 1 unspecified atom stereocenters. The van der Waals surface area contributed by atoms with Crippen LogP contribution in [0.2, 0.25) is 0 Å². The van der Waals surface area contributed by atoms with Crippen molar-refractivity contribution >= 4 is 22.2 Å². The highest BCUT2D eigenvalue weighted by Crippen LogP contribution is 2.32. The molecule has 0 fully saturated rings. The van der Waals surface area contributed by atoms with E-state index in [2.05, 4.69) is 22.5 Å². The normalized spacial score (nSPS) is 14.5. The molecule has 0 aliphatic rings. The molecule has 0 bridgehead atoms. The fourth-order valence-electron chi connectivity index (χ4n) is 1.16. The average Bonchev–Trinajstić information content (AvgIpc) is 2.19. The van der Waals surface area contributed by atoms with Gasteiger partial charge in [0.05, 0.1) is 0 Å². The lowest BCUT2D eigenvalue weighted by Crippen LogP contribution is -2.18. The van der Waals surface area contributed by atoms with E-state index in [1.54, 1.807) is 6.08 Å². The second-order valence-corrected chi connectivity index (χ2v) is 4.25. The Bertz CT molecular complexity index is 294. The zero-order chi connectivity index (χ0) is 9.73. The summed E-state index contributed by atoms with van der Waals surface area (Å²) in [5.74, 6) is 0. The van der Waals surface area contributed by atoms with Crippen molar-refractivity contribution in [1.82, 2.24) is 0 Å². The minimum absolute atomic E-state index is 0.598. The fourth-order valence-corrected chi connectivity index (χ4v) is 1.65. The first-order valence-corrected chi connectivity index (χ1v) is 4.84. The molecule has 0 amide bonds. The zero-order valence-electron chi connectivity index (χ0n) is 7.24. The number of hydrogen-bond acceptors (Lipinski definition) is 1. The zero-order valence-corrected chi connectivity index (χ0v) is 8.83. The Morgan fingerprint density at radius 3 is 2.46 bits per heavy atom. The summed E-state index contributed by atoms with van der Waals surface area (Å²) in [4.78, 5) is 10.9. The Labute approximate surface area is 86.6 Å². The van der Waals surface area contributed by atoms with Crippen molar-refractivity contribution in [3.05, 3.63) is 48.6 Å². The van der Waals surface area contributed by atoms with E-state index in [0.717, 1.165) is 11.8 Å². The number of allylic oxidation sites excluding steroid dienone is 1. The van der Waals surface area contributed by atoms with Crippen molar-refractivity contribution in [2.24, 2.45) is 0 Å². The van der Waals surface area contributed by atoms with E-state index in [1.807, 2.05) is 30.3 Å². The van der Waals surface area contributed by atoms with Gasteiger partial charge < -0.3 is 4.79 Å². The Morgan fingerprint density at radius 2 is 2.00 bits per heavy atom. The molecule has 68 valence electrons. The van der Waals surface area contributed by atoms with Crippen molar-refractivity contribution in [3.63, 3.8) is 0 Å². The smallest absolute Gasteiger partial charge is 0.141 e. The number of carbonyl (C=O) groups is 1. The summed E-state index contributed by atoms with van der Waals surface area (Å²) in [7, 11) is 0. The van der Waals surface area contributed by atoms with Gasteiger partial charge >= 0.3 is 0 Å². The molecule has 1 aromatic carbocycles. The minimum atomic E-state index is -0.601. The SMILES string of the molecule is C=CCC(Br)(C=O)c1ccccc1. The van der Waals surface area contributed by atoms with E-state index in [9.17, 15) is 4.79 Å². The number of aldehydes is 1. The minimum Gasteiger partial charge on any atom is -0.301 e. The van der Waals surface area contributed by atoms with E-state index < -0.39 is 4.32 Å². The number of hydrogen-bond donors (Lipinski definition) is 0. The second kappa shape index (κ2) is 4.38. The summed E-state index contributed by atoms with van der Waals surface area (Å²) in [5, 5.41) is 0. The maximum atomic E-state index is 10.9. The van der Waals surface area contributed by atoms with E-state index in [4.69, 9.17) is 0 Å². The molecule has 13 heavy (non-hydrogen) atoms. The van der Waals surface area contributed by atoms with E-state index in [0.29, 0.717) is 6.42 Å². The summed E-state index contributed by atoms with van der Waals surface area (Å²) < 4.78 is -0.601. The summed E-state index contributed by atoms with van der Waals surface area (Å²) >= 11 is 3.41. The number of carbonyl (C=O) groups excluding carboxylic acids is 1. The Kier molecular flexibility index (Phi) is 3.43. The molecule has 0 radical (unpaired) electrons. The van der Waals surface area contributed by atoms with Crippen LogP contribution in [0.1, 0.15) is 12.0 Å². The molecule has 1 atom stereocenters. The Morgan fingerprint density at radius 1 is 1.38 bits per heavy atom. The maximum Gasteiger partial charge on any atom is 0.141 e. The van der Waals surface area contributed by atoms with Crippen molar-refractivity contribution < 1.29 is 4.79 Å². The summed E-state index contributed by atoms with van der Waals surface area (Å²) in [6.45, 7) is 3.63. The van der Waals surface area contributed by atoms with Crippen LogP contribution in [0.15, 0.2) is 43.0 Å². The van der Waals surface area contributed by atoms with Gasteiger partial charge in [-0.25, -0.2) is 0 Å².